The van der Waals surface area contributed by atoms with Gasteiger partial charge in [0.15, 0.2) is 0 Å². The summed E-state index contributed by atoms with van der Waals surface area (Å²) in [4.78, 5) is 17.4. The number of aromatic nitrogens is 3. The molecule has 25 heavy (non-hydrogen) atoms. The first kappa shape index (κ1) is 17.1. The third-order valence-corrected chi connectivity index (χ3v) is 4.23. The molecule has 2 heterocycles. The van der Waals surface area contributed by atoms with E-state index < -0.39 is 0 Å². The smallest absolute Gasteiger partial charge is 0.252 e. The van der Waals surface area contributed by atoms with Gasteiger partial charge in [-0.1, -0.05) is 18.2 Å². The number of nitrogens with zero attached hydrogens (tertiary/aromatic N) is 3. The van der Waals surface area contributed by atoms with Crippen LogP contribution in [0.2, 0.25) is 0 Å². The highest BCUT2D eigenvalue weighted by Gasteiger charge is 2.16. The van der Waals surface area contributed by atoms with Gasteiger partial charge in [-0.3, -0.25) is 9.48 Å². The van der Waals surface area contributed by atoms with Gasteiger partial charge in [-0.15, -0.1) is 0 Å². The van der Waals surface area contributed by atoms with Gasteiger partial charge in [-0.25, -0.2) is 4.98 Å². The Morgan fingerprint density at radius 3 is 2.84 bits per heavy atom. The molecular weight excluding hydrogens is 316 g/mol. The number of carbonyl (C=O) groups excluding carboxylic acids is 1. The van der Waals surface area contributed by atoms with Gasteiger partial charge < -0.3 is 10.1 Å². The lowest BCUT2D eigenvalue weighted by atomic mass is 10.0. The molecule has 6 nitrogen and oxygen atoms in total. The number of ether oxygens (including phenoxy) is 1. The van der Waals surface area contributed by atoms with Crippen LogP contribution in [0.3, 0.4) is 0 Å². The molecule has 3 rings (SSSR count). The van der Waals surface area contributed by atoms with Crippen LogP contribution in [0.4, 0.5) is 0 Å². The monoisotopic (exact) mass is 338 g/mol. The summed E-state index contributed by atoms with van der Waals surface area (Å²) in [7, 11) is 1.61. The summed E-state index contributed by atoms with van der Waals surface area (Å²) in [5, 5.41) is 8.11. The Balaban J connectivity index is 2.08. The number of hydrogen-bond donors (Lipinski definition) is 1. The van der Waals surface area contributed by atoms with Gasteiger partial charge in [0.1, 0.15) is 0 Å². The maximum Gasteiger partial charge on any atom is 0.252 e. The molecule has 1 amide bonds. The largest absolute Gasteiger partial charge is 0.383 e. The summed E-state index contributed by atoms with van der Waals surface area (Å²) in [5.41, 5.74) is 4.14. The van der Waals surface area contributed by atoms with Crippen LogP contribution in [0.1, 0.15) is 23.0 Å². The van der Waals surface area contributed by atoms with Crippen molar-refractivity contribution < 1.29 is 9.53 Å². The molecule has 0 atom stereocenters. The lowest BCUT2D eigenvalue weighted by Gasteiger charge is -2.10. The summed E-state index contributed by atoms with van der Waals surface area (Å²) in [6.45, 7) is 5.80. The maximum absolute atomic E-state index is 12.6. The van der Waals surface area contributed by atoms with Crippen molar-refractivity contribution in [1.82, 2.24) is 20.1 Å². The summed E-state index contributed by atoms with van der Waals surface area (Å²) in [6, 6.07) is 9.52. The number of para-hydroxylation sites is 1. The third-order valence-electron chi connectivity index (χ3n) is 4.23. The fourth-order valence-corrected chi connectivity index (χ4v) is 2.88. The first-order valence-electron chi connectivity index (χ1n) is 8.35. The van der Waals surface area contributed by atoms with Crippen LogP contribution < -0.4 is 5.32 Å². The molecule has 2 aromatic heterocycles. The maximum atomic E-state index is 12.6. The van der Waals surface area contributed by atoms with Crippen LogP contribution in [-0.4, -0.2) is 40.9 Å². The normalized spacial score (nSPS) is 11.0. The fraction of sp³-hybridized carbons (Fsp3) is 0.316. The average Bonchev–Trinajstić information content (AvgIpc) is 3.01. The van der Waals surface area contributed by atoms with E-state index in [1.165, 1.54) is 0 Å². The van der Waals surface area contributed by atoms with E-state index in [1.54, 1.807) is 7.11 Å². The first-order chi connectivity index (χ1) is 12.2. The highest BCUT2D eigenvalue weighted by Crippen LogP contribution is 2.27. The number of hydrogen-bond acceptors (Lipinski definition) is 4. The predicted octanol–water partition coefficient (Wildman–Crippen LogP) is 2.80. The molecule has 0 radical (unpaired) electrons. The third kappa shape index (κ3) is 3.39. The van der Waals surface area contributed by atoms with Gasteiger partial charge in [-0.2, -0.15) is 5.10 Å². The van der Waals surface area contributed by atoms with Gasteiger partial charge in [0.2, 0.25) is 0 Å². The van der Waals surface area contributed by atoms with E-state index in [2.05, 4.69) is 10.4 Å². The molecule has 0 bridgehead atoms. The molecule has 0 fully saturated rings. The molecule has 0 aliphatic rings. The van der Waals surface area contributed by atoms with Crippen LogP contribution in [-0.2, 0) is 11.3 Å². The minimum absolute atomic E-state index is 0.127. The van der Waals surface area contributed by atoms with Crippen molar-refractivity contribution in [3.8, 4) is 11.3 Å². The van der Waals surface area contributed by atoms with Gasteiger partial charge in [-0.05, 0) is 26.0 Å². The van der Waals surface area contributed by atoms with E-state index in [1.807, 2.05) is 55.1 Å². The van der Waals surface area contributed by atoms with Crippen molar-refractivity contribution in [2.45, 2.75) is 20.4 Å². The second-order valence-corrected chi connectivity index (χ2v) is 5.78. The molecule has 0 saturated carbocycles. The van der Waals surface area contributed by atoms with Crippen LogP contribution in [0.25, 0.3) is 22.2 Å². The Morgan fingerprint density at radius 2 is 2.12 bits per heavy atom. The summed E-state index contributed by atoms with van der Waals surface area (Å²) in [5.74, 6) is -0.127. The zero-order chi connectivity index (χ0) is 17.8. The number of amides is 1. The standard InChI is InChI=1S/C19H22N4O2/c1-4-23-13(2)16(12-21-23)18-11-15(19(24)20-9-10-25-3)14-7-5-6-8-17(14)22-18/h5-8,11-12H,4,9-10H2,1-3H3,(H,20,24). The first-order valence-corrected chi connectivity index (χ1v) is 8.35. The van der Waals surface area contributed by atoms with Crippen molar-refractivity contribution in [3.05, 3.63) is 47.8 Å². The highest BCUT2D eigenvalue weighted by atomic mass is 16.5. The molecule has 0 aliphatic carbocycles. The quantitative estimate of drug-likeness (QED) is 0.702. The molecule has 1 N–H and O–H groups in total. The van der Waals surface area contributed by atoms with Crippen molar-refractivity contribution in [3.63, 3.8) is 0 Å². The average molecular weight is 338 g/mol. The van der Waals surface area contributed by atoms with Crippen LogP contribution in [0, 0.1) is 6.92 Å². The van der Waals surface area contributed by atoms with E-state index in [0.29, 0.717) is 18.7 Å². The molecule has 0 aliphatic heterocycles. The van der Waals surface area contributed by atoms with Crippen LogP contribution in [0.5, 0.6) is 0 Å². The Morgan fingerprint density at radius 1 is 1.32 bits per heavy atom. The number of methoxy groups -OCH3 is 1. The second kappa shape index (κ2) is 7.44. The van der Waals surface area contributed by atoms with Crippen molar-refractivity contribution in [2.75, 3.05) is 20.3 Å². The Labute approximate surface area is 146 Å². The lowest BCUT2D eigenvalue weighted by Crippen LogP contribution is -2.27. The molecule has 0 spiro atoms. The highest BCUT2D eigenvalue weighted by molar-refractivity contribution is 6.07. The topological polar surface area (TPSA) is 69.0 Å². The number of pyridine rings is 1. The SMILES string of the molecule is CCn1ncc(-c2cc(C(=O)NCCOC)c3ccccc3n2)c1C. The van der Waals surface area contributed by atoms with E-state index in [0.717, 1.165) is 34.4 Å². The Bertz CT molecular complexity index is 902. The number of fused-ring (bicyclic) bond motifs is 1. The number of nitrogens with one attached hydrogen (secondary N) is 1. The minimum atomic E-state index is -0.127. The van der Waals surface area contributed by atoms with Crippen LogP contribution >= 0.6 is 0 Å². The summed E-state index contributed by atoms with van der Waals surface area (Å²) < 4.78 is 6.92. The van der Waals surface area contributed by atoms with Gasteiger partial charge >= 0.3 is 0 Å². The number of aryl methyl sites for hydroxylation is 1. The summed E-state index contributed by atoms with van der Waals surface area (Å²) in [6.07, 6.45) is 1.81. The van der Waals surface area contributed by atoms with E-state index >= 15 is 0 Å². The zero-order valence-electron chi connectivity index (χ0n) is 14.7. The van der Waals surface area contributed by atoms with Gasteiger partial charge in [0.05, 0.1) is 29.6 Å². The number of carbonyl (C=O) groups is 1. The molecule has 0 unspecified atom stereocenters. The van der Waals surface area contributed by atoms with Crippen molar-refractivity contribution in [2.24, 2.45) is 0 Å². The number of rotatable bonds is 6. The predicted molar refractivity (Wildman–Crippen MR) is 97.6 cm³/mol. The van der Waals surface area contributed by atoms with Gasteiger partial charge in [0, 0.05) is 36.8 Å². The van der Waals surface area contributed by atoms with E-state index in [-0.39, 0.29) is 5.91 Å². The second-order valence-electron chi connectivity index (χ2n) is 5.78. The van der Waals surface area contributed by atoms with E-state index in [4.69, 9.17) is 9.72 Å². The molecule has 6 heteroatoms. The molecule has 1 aromatic carbocycles. The van der Waals surface area contributed by atoms with Gasteiger partial charge in [0.25, 0.3) is 5.91 Å². The summed E-state index contributed by atoms with van der Waals surface area (Å²) >= 11 is 0. The Kier molecular flexibility index (Phi) is 5.09. The molecule has 3 aromatic rings. The van der Waals surface area contributed by atoms with Crippen LogP contribution in [0.15, 0.2) is 36.5 Å². The molecule has 0 saturated heterocycles. The Hall–Kier alpha value is -2.73. The molecule has 130 valence electrons. The van der Waals surface area contributed by atoms with Crippen molar-refractivity contribution in [1.29, 1.82) is 0 Å². The number of benzene rings is 1. The van der Waals surface area contributed by atoms with E-state index in [9.17, 15) is 4.79 Å². The fourth-order valence-electron chi connectivity index (χ4n) is 2.88. The molecular formula is C19H22N4O2. The van der Waals surface area contributed by atoms with Crippen molar-refractivity contribution >= 4 is 16.8 Å². The zero-order valence-corrected chi connectivity index (χ0v) is 14.7. The minimum Gasteiger partial charge on any atom is -0.383 e. The lowest BCUT2D eigenvalue weighted by molar-refractivity contribution is 0.0938.